The fourth-order valence-electron chi connectivity index (χ4n) is 1.44. The van der Waals surface area contributed by atoms with Crippen molar-refractivity contribution >= 4 is 5.82 Å². The van der Waals surface area contributed by atoms with Gasteiger partial charge in [-0.25, -0.2) is 4.98 Å². The van der Waals surface area contributed by atoms with Gasteiger partial charge >= 0.3 is 0 Å². The van der Waals surface area contributed by atoms with Gasteiger partial charge in [-0.1, -0.05) is 0 Å². The van der Waals surface area contributed by atoms with Crippen LogP contribution in [-0.4, -0.2) is 38.5 Å². The van der Waals surface area contributed by atoms with Crippen molar-refractivity contribution in [2.45, 2.75) is 38.8 Å². The van der Waals surface area contributed by atoms with Crippen LogP contribution in [0, 0.1) is 0 Å². The van der Waals surface area contributed by atoms with Gasteiger partial charge in [-0.15, -0.1) is 0 Å². The Morgan fingerprint density at radius 1 is 1.28 bits per heavy atom. The van der Waals surface area contributed by atoms with Gasteiger partial charge in [0.25, 0.3) is 5.56 Å². The molecular weight excluding hydrogens is 234 g/mol. The third-order valence-corrected chi connectivity index (χ3v) is 2.68. The standard InChI is InChI=1S/C12H21N3O3/c1-11(2,3)15-6-5-13-9(10(15)18)14-12(4,7-16)8-17/h5-6,16-17H,7-8H2,1-4H3,(H,13,14). The van der Waals surface area contributed by atoms with E-state index in [-0.39, 0.29) is 30.1 Å². The zero-order valence-electron chi connectivity index (χ0n) is 11.3. The first-order valence-electron chi connectivity index (χ1n) is 5.81. The monoisotopic (exact) mass is 255 g/mol. The molecule has 0 fully saturated rings. The Balaban J connectivity index is 3.17. The molecule has 0 saturated heterocycles. The zero-order valence-corrected chi connectivity index (χ0v) is 11.3. The van der Waals surface area contributed by atoms with Crippen molar-refractivity contribution in [1.29, 1.82) is 0 Å². The average molecular weight is 255 g/mol. The molecule has 3 N–H and O–H groups in total. The van der Waals surface area contributed by atoms with Crippen LogP contribution in [0.4, 0.5) is 5.82 Å². The van der Waals surface area contributed by atoms with E-state index in [4.69, 9.17) is 0 Å². The highest BCUT2D eigenvalue weighted by Gasteiger charge is 2.25. The second-order valence-corrected chi connectivity index (χ2v) is 5.62. The van der Waals surface area contributed by atoms with Crippen molar-refractivity contribution < 1.29 is 10.2 Å². The van der Waals surface area contributed by atoms with Crippen LogP contribution in [0.25, 0.3) is 0 Å². The summed E-state index contributed by atoms with van der Waals surface area (Å²) in [5.41, 5.74) is -1.60. The molecule has 0 bridgehead atoms. The van der Waals surface area contributed by atoms with Gasteiger partial charge in [-0.3, -0.25) is 4.79 Å². The van der Waals surface area contributed by atoms with Crippen molar-refractivity contribution in [3.05, 3.63) is 22.7 Å². The lowest BCUT2D eigenvalue weighted by Gasteiger charge is -2.28. The number of anilines is 1. The summed E-state index contributed by atoms with van der Waals surface area (Å²) in [5, 5.41) is 21.2. The first-order valence-corrected chi connectivity index (χ1v) is 5.81. The number of aliphatic hydroxyl groups excluding tert-OH is 2. The average Bonchev–Trinajstić information content (AvgIpc) is 2.30. The SMILES string of the molecule is CC(CO)(CO)Nc1nccn(C(C)(C)C)c1=O. The van der Waals surface area contributed by atoms with Gasteiger partial charge in [-0.05, 0) is 27.7 Å². The molecule has 0 aromatic carbocycles. The van der Waals surface area contributed by atoms with Crippen LogP contribution in [-0.2, 0) is 5.54 Å². The van der Waals surface area contributed by atoms with Crippen molar-refractivity contribution in [1.82, 2.24) is 9.55 Å². The lowest BCUT2D eigenvalue weighted by molar-refractivity contribution is 0.147. The predicted molar refractivity (Wildman–Crippen MR) is 69.7 cm³/mol. The van der Waals surface area contributed by atoms with E-state index < -0.39 is 5.54 Å². The summed E-state index contributed by atoms with van der Waals surface area (Å²) >= 11 is 0. The fourth-order valence-corrected chi connectivity index (χ4v) is 1.44. The maximum absolute atomic E-state index is 12.2. The summed E-state index contributed by atoms with van der Waals surface area (Å²) in [6.45, 7) is 6.76. The molecule has 6 heteroatoms. The van der Waals surface area contributed by atoms with E-state index in [2.05, 4.69) is 10.3 Å². The molecule has 0 unspecified atom stereocenters. The van der Waals surface area contributed by atoms with Gasteiger partial charge in [0.15, 0.2) is 5.82 Å². The molecular formula is C12H21N3O3. The lowest BCUT2D eigenvalue weighted by atomic mass is 10.1. The van der Waals surface area contributed by atoms with E-state index in [1.807, 2.05) is 20.8 Å². The first-order chi connectivity index (χ1) is 8.23. The van der Waals surface area contributed by atoms with Gasteiger partial charge < -0.3 is 20.1 Å². The first kappa shape index (κ1) is 14.7. The summed E-state index contributed by atoms with van der Waals surface area (Å²) in [6, 6.07) is 0. The fraction of sp³-hybridized carbons (Fsp3) is 0.667. The quantitative estimate of drug-likeness (QED) is 0.713. The van der Waals surface area contributed by atoms with Crippen LogP contribution in [0.15, 0.2) is 17.2 Å². The Hall–Kier alpha value is -1.40. The summed E-state index contributed by atoms with van der Waals surface area (Å²) < 4.78 is 1.55. The summed E-state index contributed by atoms with van der Waals surface area (Å²) in [6.07, 6.45) is 3.13. The van der Waals surface area contributed by atoms with Gasteiger partial charge in [0.1, 0.15) is 0 Å². The molecule has 0 spiro atoms. The van der Waals surface area contributed by atoms with Gasteiger partial charge in [-0.2, -0.15) is 0 Å². The Kier molecular flexibility index (Phi) is 4.13. The highest BCUT2D eigenvalue weighted by atomic mass is 16.3. The van der Waals surface area contributed by atoms with E-state index >= 15 is 0 Å². The molecule has 0 amide bonds. The molecule has 18 heavy (non-hydrogen) atoms. The van der Waals surface area contributed by atoms with Crippen molar-refractivity contribution in [3.63, 3.8) is 0 Å². The minimum absolute atomic E-state index is 0.123. The number of nitrogens with one attached hydrogen (secondary N) is 1. The maximum atomic E-state index is 12.2. The maximum Gasteiger partial charge on any atom is 0.293 e. The van der Waals surface area contributed by atoms with Crippen molar-refractivity contribution in [2.24, 2.45) is 0 Å². The van der Waals surface area contributed by atoms with E-state index in [0.717, 1.165) is 0 Å². The van der Waals surface area contributed by atoms with Gasteiger partial charge in [0.05, 0.1) is 18.8 Å². The van der Waals surface area contributed by atoms with E-state index in [1.165, 1.54) is 6.20 Å². The highest BCUT2D eigenvalue weighted by molar-refractivity contribution is 5.35. The van der Waals surface area contributed by atoms with E-state index in [0.29, 0.717) is 0 Å². The van der Waals surface area contributed by atoms with Crippen LogP contribution in [0.2, 0.25) is 0 Å². The largest absolute Gasteiger partial charge is 0.394 e. The van der Waals surface area contributed by atoms with E-state index in [1.54, 1.807) is 17.7 Å². The molecule has 0 aliphatic heterocycles. The predicted octanol–water partition coefficient (Wildman–Crippen LogP) is 0.153. The molecule has 0 atom stereocenters. The smallest absolute Gasteiger partial charge is 0.293 e. The Labute approximate surface area is 106 Å². The number of rotatable bonds is 4. The second kappa shape index (κ2) is 5.07. The number of hydrogen-bond acceptors (Lipinski definition) is 5. The molecule has 0 radical (unpaired) electrons. The van der Waals surface area contributed by atoms with Gasteiger partial charge in [0.2, 0.25) is 0 Å². The summed E-state index contributed by atoms with van der Waals surface area (Å²) in [7, 11) is 0. The molecule has 0 saturated carbocycles. The highest BCUT2D eigenvalue weighted by Crippen LogP contribution is 2.13. The minimum atomic E-state index is -0.969. The van der Waals surface area contributed by atoms with Crippen LogP contribution in [0.5, 0.6) is 0 Å². The van der Waals surface area contributed by atoms with Crippen LogP contribution in [0.3, 0.4) is 0 Å². The van der Waals surface area contributed by atoms with Crippen LogP contribution >= 0.6 is 0 Å². The Morgan fingerprint density at radius 3 is 2.28 bits per heavy atom. The summed E-state index contributed by atoms with van der Waals surface area (Å²) in [4.78, 5) is 16.2. The van der Waals surface area contributed by atoms with Crippen molar-refractivity contribution in [2.75, 3.05) is 18.5 Å². The third kappa shape index (κ3) is 3.08. The molecule has 1 aromatic rings. The second-order valence-electron chi connectivity index (χ2n) is 5.62. The zero-order chi connectivity index (χ0) is 14.0. The normalized spacial score (nSPS) is 12.6. The molecule has 1 heterocycles. The topological polar surface area (TPSA) is 87.4 Å². The minimum Gasteiger partial charge on any atom is -0.394 e. The molecule has 6 nitrogen and oxygen atoms in total. The molecule has 102 valence electrons. The number of nitrogens with zero attached hydrogens (tertiary/aromatic N) is 2. The number of hydrogen-bond donors (Lipinski definition) is 3. The molecule has 0 aliphatic rings. The van der Waals surface area contributed by atoms with Crippen LogP contribution in [0.1, 0.15) is 27.7 Å². The Bertz CT molecular complexity index is 458. The molecule has 1 aromatic heterocycles. The number of aromatic nitrogens is 2. The lowest BCUT2D eigenvalue weighted by Crippen LogP contribution is -2.46. The number of aliphatic hydroxyl groups is 2. The Morgan fingerprint density at radius 2 is 1.83 bits per heavy atom. The third-order valence-electron chi connectivity index (χ3n) is 2.68. The molecule has 0 aliphatic carbocycles. The molecule has 1 rings (SSSR count). The summed E-state index contributed by atoms with van der Waals surface area (Å²) in [5.74, 6) is 0.123. The van der Waals surface area contributed by atoms with Crippen LogP contribution < -0.4 is 10.9 Å². The van der Waals surface area contributed by atoms with Gasteiger partial charge in [0, 0.05) is 17.9 Å². The van der Waals surface area contributed by atoms with Crippen molar-refractivity contribution in [3.8, 4) is 0 Å². The van der Waals surface area contributed by atoms with E-state index in [9.17, 15) is 15.0 Å².